The van der Waals surface area contributed by atoms with Crippen LogP contribution in [-0.4, -0.2) is 333 Å². The van der Waals surface area contributed by atoms with Gasteiger partial charge in [0.15, 0.2) is 0 Å². The van der Waals surface area contributed by atoms with E-state index in [1.54, 1.807) is 0 Å². The van der Waals surface area contributed by atoms with Crippen LogP contribution < -0.4 is 118 Å². The van der Waals surface area contributed by atoms with E-state index < -0.39 is 284 Å². The van der Waals surface area contributed by atoms with Gasteiger partial charge in [-0.2, -0.15) is 96.8 Å². The number of rotatable bonds is 0. The van der Waals surface area contributed by atoms with Crippen molar-refractivity contribution in [2.45, 2.75) is 0 Å². The Hall–Kier alpha value is 5.75. The van der Waals surface area contributed by atoms with Crippen LogP contribution in [0.4, 0.5) is 0 Å². The van der Waals surface area contributed by atoms with Crippen molar-refractivity contribution < 1.29 is 451 Å². The largest absolute Gasteiger partial charge is 1.00 e. The van der Waals surface area contributed by atoms with E-state index in [1.807, 2.05) is 0 Å². The number of hydrogen-bond donors (Lipinski definition) is 46. The van der Waals surface area contributed by atoms with Crippen molar-refractivity contribution in [3.8, 4) is 0 Å². The third-order valence-corrected chi connectivity index (χ3v) is 0. The minimum atomic E-state index is -3.11. The Labute approximate surface area is 725 Å². The Morgan fingerprint density at radius 3 is 0.0962 bits per heavy atom. The molecule has 46 N–H and O–H groups in total. The molecule has 0 atom stereocenters. The molecule has 0 fully saturated rings. The van der Waals surface area contributed by atoms with Crippen LogP contribution in [-0.2, 0) is 284 Å². The third kappa shape index (κ3) is 37100. The summed E-state index contributed by atoms with van der Waals surface area (Å²) in [5, 5.41) is 0. The first-order valence-electron chi connectivity index (χ1n) is 13.2. The minimum absolute atomic E-state index is 0. The maximum absolute atomic E-state index is 8.67. The van der Waals surface area contributed by atoms with Crippen LogP contribution in [0.25, 0.3) is 0 Å². The molecule has 0 rings (SSSR count). The van der Waals surface area contributed by atoms with Crippen LogP contribution in [0.3, 0.4) is 0 Å². The van der Waals surface area contributed by atoms with Gasteiger partial charge in [0.1, 0.15) is 0 Å². The summed E-state index contributed by atoms with van der Waals surface area (Å²) in [6, 6.07) is 0. The Balaban J connectivity index is -0.0000000208. The molecule has 650 valence electrons. The smallest absolute Gasteiger partial charge is 0.784 e. The molecule has 104 heteroatoms. The van der Waals surface area contributed by atoms with Gasteiger partial charge in [-0.15, -0.1) is 22.7 Å². The summed E-state index contributed by atoms with van der Waals surface area (Å²) in [7, 11) is 0. The van der Waals surface area contributed by atoms with Gasteiger partial charge in [-0.05, 0) is 0 Å². The first kappa shape index (κ1) is 199. The normalized spacial score (nSPS) is 8.41. The summed E-state index contributed by atoms with van der Waals surface area (Å²) >= 11 is -66.3. The standard InChI is InChI=1S/4Na.25H2O3S/c;;;;25*1-4(2)3/h;;;;25*(H2,1,2,3)/q4*+1;;;;;;;;;;;;;;;;;;;;;;;;;/p-4. The Bertz CT molecular complexity index is 1380. The fourth-order valence-corrected chi connectivity index (χ4v) is 0. The average molecular weight is 2140 g/mol. The summed E-state index contributed by atoms with van der Waals surface area (Å²) in [4.78, 5) is 0. The first-order chi connectivity index (χ1) is 43.3. The predicted molar refractivity (Wildman–Crippen MR) is 328 cm³/mol. The second kappa shape index (κ2) is 194. The van der Waals surface area contributed by atoms with Crippen LogP contribution in [0.1, 0.15) is 0 Å². The summed E-state index contributed by atoms with van der Waals surface area (Å²) < 4.78 is 576. The molecule has 0 aliphatic rings. The van der Waals surface area contributed by atoms with Gasteiger partial charge in [0.25, 0.3) is 261 Å². The van der Waals surface area contributed by atoms with E-state index in [9.17, 15) is 0 Å². The van der Waals surface area contributed by atoms with Crippen molar-refractivity contribution in [2.24, 2.45) is 0 Å². The summed E-state index contributed by atoms with van der Waals surface area (Å²) in [5.74, 6) is 0. The molecular formula is H46Na4O75S25. The average Bonchev–Trinajstić information content (AvgIpc) is 3.15. The molecule has 0 saturated heterocycles. The molecule has 0 saturated carbocycles. The van der Waals surface area contributed by atoms with Crippen molar-refractivity contribution in [3.63, 3.8) is 0 Å². The van der Waals surface area contributed by atoms with Gasteiger partial charge in [0.05, 0.1) is 0 Å². The second-order valence-corrected chi connectivity index (χ2v) is 17.1. The van der Waals surface area contributed by atoms with Gasteiger partial charge >= 0.3 is 118 Å². The summed E-state index contributed by atoms with van der Waals surface area (Å²) in [5.41, 5.74) is 0. The van der Waals surface area contributed by atoms with E-state index in [2.05, 4.69) is 0 Å². The molecule has 0 spiro atoms. The van der Waals surface area contributed by atoms with Gasteiger partial charge in [0, 0.05) is 0 Å². The minimum Gasteiger partial charge on any atom is -0.784 e. The third-order valence-electron chi connectivity index (χ3n) is 0. The zero-order valence-electron chi connectivity index (χ0n) is 46.6. The molecular weight excluding hydrogens is 2090 g/mol. The fourth-order valence-electron chi connectivity index (χ4n) is 0. The summed E-state index contributed by atoms with van der Waals surface area (Å²) in [6.07, 6.45) is 0. The van der Waals surface area contributed by atoms with Crippen molar-refractivity contribution in [1.82, 2.24) is 0 Å². The van der Waals surface area contributed by atoms with Crippen molar-refractivity contribution in [1.29, 1.82) is 0 Å². The monoisotopic (exact) mass is 2140 g/mol. The van der Waals surface area contributed by atoms with Gasteiger partial charge in [-0.25, -0.2) is 0 Å². The molecule has 0 unspecified atom stereocenters. The zero-order chi connectivity index (χ0) is 89.4. The maximum atomic E-state index is 8.67. The van der Waals surface area contributed by atoms with Crippen molar-refractivity contribution >= 4 is 284 Å². The Morgan fingerprint density at radius 1 is 0.0962 bits per heavy atom. The van der Waals surface area contributed by atoms with Crippen molar-refractivity contribution in [3.05, 3.63) is 0 Å². The molecule has 0 aliphatic heterocycles. The van der Waals surface area contributed by atoms with Gasteiger partial charge in [0.2, 0.25) is 0 Å². The van der Waals surface area contributed by atoms with Crippen LogP contribution in [0, 0.1) is 0 Å². The predicted octanol–water partition coefficient (Wildman–Crippen LogP) is -21.3. The van der Waals surface area contributed by atoms with E-state index >= 15 is 0 Å². The quantitative estimate of drug-likeness (QED) is 0.0791. The molecule has 0 radical (unpaired) electrons. The molecule has 0 bridgehead atoms. The maximum Gasteiger partial charge on any atom is 1.00 e. The molecule has 0 heterocycles. The topological polar surface area (TPSA) is 1450 Å². The van der Waals surface area contributed by atoms with E-state index in [1.165, 1.54) is 0 Å². The van der Waals surface area contributed by atoms with Gasteiger partial charge in [-0.3, -0.25) is 218 Å². The van der Waals surface area contributed by atoms with E-state index in [0.29, 0.717) is 0 Å². The van der Waals surface area contributed by atoms with Crippen LogP contribution >= 0.6 is 0 Å². The van der Waals surface area contributed by atoms with Gasteiger partial charge < -0.3 is 18.2 Å². The molecule has 0 aliphatic carbocycles. The Kier molecular flexibility index (Phi) is 371. The van der Waals surface area contributed by atoms with E-state index in [0.717, 1.165) is 0 Å². The molecule has 104 heavy (non-hydrogen) atoms. The number of hydrogen-bond acceptors (Lipinski definition) is 29. The van der Waals surface area contributed by atoms with Crippen LogP contribution in [0.5, 0.6) is 0 Å². The van der Waals surface area contributed by atoms with Crippen LogP contribution in [0.15, 0.2) is 0 Å². The molecule has 0 aromatic carbocycles. The zero-order valence-corrected chi connectivity index (χ0v) is 75.0. The fraction of sp³-hybridized carbons (Fsp3) is 0. The second-order valence-electron chi connectivity index (χ2n) is 5.71. The molecule has 0 aromatic heterocycles. The molecule has 0 amide bonds. The Morgan fingerprint density at radius 2 is 0.0962 bits per heavy atom. The van der Waals surface area contributed by atoms with Crippen LogP contribution in [0.2, 0.25) is 0 Å². The SMILES string of the molecule is O=S(O)O.O=S(O)O.O=S(O)O.O=S(O)O.O=S(O)O.O=S(O)O.O=S(O)O.O=S(O)O.O=S(O)O.O=S(O)O.O=S(O)O.O=S(O)O.O=S(O)O.O=S(O)O.O=S(O)O.O=S(O)O.O=S(O)O.O=S(O)O.O=S(O)O.O=S(O)O.O=S(O)O.O=S(O)O.O=S(O)O.O=S([O-])[O-].O=S([O-])[O-].[Na+].[Na+].[Na+].[Na+]. The summed E-state index contributed by atoms with van der Waals surface area (Å²) in [6.45, 7) is 0. The van der Waals surface area contributed by atoms with E-state index in [-0.39, 0.29) is 118 Å². The molecule has 0 aromatic rings. The van der Waals surface area contributed by atoms with Crippen molar-refractivity contribution in [2.75, 3.05) is 0 Å². The first-order valence-corrected chi connectivity index (χ1v) is 39.7. The molecule has 75 nitrogen and oxygen atoms in total. The van der Waals surface area contributed by atoms with Gasteiger partial charge in [-0.1, -0.05) is 0 Å². The van der Waals surface area contributed by atoms with E-state index in [4.69, 9.17) is 333 Å².